The van der Waals surface area contributed by atoms with Crippen LogP contribution in [0.15, 0.2) is 23.1 Å². The number of anilines is 1. The topological polar surface area (TPSA) is 77.8 Å². The predicted octanol–water partition coefficient (Wildman–Crippen LogP) is 0.661. The number of sulfone groups is 1. The number of halogens is 4. The molecule has 2 N–H and O–H groups in total. The van der Waals surface area contributed by atoms with Gasteiger partial charge in [0.25, 0.3) is 9.84 Å². The number of rotatable bonds is 2. The number of alkyl halides is 3. The highest BCUT2D eigenvalue weighted by atomic mass is 32.2. The molecule has 1 aromatic carbocycles. The van der Waals surface area contributed by atoms with Gasteiger partial charge in [-0.2, -0.15) is 13.2 Å². The first-order valence-electron chi connectivity index (χ1n) is 5.76. The molecule has 0 amide bonds. The van der Waals surface area contributed by atoms with Crippen molar-refractivity contribution in [1.29, 1.82) is 0 Å². The maximum Gasteiger partial charge on any atom is 0.501 e. The minimum absolute atomic E-state index is 0.257. The Morgan fingerprint density at radius 3 is 2.14 bits per heavy atom. The second-order valence-corrected chi connectivity index (χ2v) is 6.51. The van der Waals surface area contributed by atoms with Crippen LogP contribution in [0.25, 0.3) is 0 Å². The number of hydrogen-bond donors (Lipinski definition) is 2. The van der Waals surface area contributed by atoms with Crippen molar-refractivity contribution in [3.05, 3.63) is 24.0 Å². The molecular weight excluding hydrogens is 318 g/mol. The number of hydrogen-bond acceptors (Lipinski definition) is 5. The van der Waals surface area contributed by atoms with Gasteiger partial charge < -0.3 is 15.1 Å². The molecule has 0 spiro atoms. The molecule has 0 aliphatic carbocycles. The van der Waals surface area contributed by atoms with Gasteiger partial charge in [-0.25, -0.2) is 12.8 Å². The van der Waals surface area contributed by atoms with Gasteiger partial charge in [0.2, 0.25) is 0 Å². The van der Waals surface area contributed by atoms with Crippen molar-refractivity contribution in [2.24, 2.45) is 0 Å². The summed E-state index contributed by atoms with van der Waals surface area (Å²) in [6.45, 7) is -0.514. The Kier molecular flexibility index (Phi) is 3.89. The zero-order valence-corrected chi connectivity index (χ0v) is 11.2. The van der Waals surface area contributed by atoms with Crippen LogP contribution in [0.3, 0.4) is 0 Å². The smallest absolute Gasteiger partial charge is 0.389 e. The number of aliphatic hydroxyl groups excluding tert-OH is 2. The fourth-order valence-corrected chi connectivity index (χ4v) is 3.04. The Balaban J connectivity index is 2.55. The second-order valence-electron chi connectivity index (χ2n) is 4.60. The highest BCUT2D eigenvalue weighted by Gasteiger charge is 2.49. The SMILES string of the molecule is O=S(=O)(c1cc(F)ccc1N1C[C@@H](O)[C@@H](O)C1)C(F)(F)F. The molecule has 1 fully saturated rings. The molecule has 21 heavy (non-hydrogen) atoms. The Hall–Kier alpha value is -1.39. The first-order valence-corrected chi connectivity index (χ1v) is 7.24. The molecule has 0 saturated carbocycles. The Morgan fingerprint density at radius 2 is 1.67 bits per heavy atom. The maximum absolute atomic E-state index is 13.2. The number of nitrogens with zero attached hydrogens (tertiary/aromatic N) is 1. The van der Waals surface area contributed by atoms with E-state index in [1.165, 1.54) is 0 Å². The third kappa shape index (κ3) is 2.83. The molecule has 1 aromatic rings. The Morgan fingerprint density at radius 1 is 1.14 bits per heavy atom. The van der Waals surface area contributed by atoms with Crippen LogP contribution in [-0.4, -0.2) is 49.4 Å². The van der Waals surface area contributed by atoms with E-state index in [2.05, 4.69) is 0 Å². The van der Waals surface area contributed by atoms with E-state index >= 15 is 0 Å². The van der Waals surface area contributed by atoms with E-state index in [0.717, 1.165) is 17.0 Å². The van der Waals surface area contributed by atoms with Crippen LogP contribution in [0.5, 0.6) is 0 Å². The van der Waals surface area contributed by atoms with Gasteiger partial charge in [-0.05, 0) is 18.2 Å². The lowest BCUT2D eigenvalue weighted by Crippen LogP contribution is -2.28. The molecule has 1 aliphatic rings. The van der Waals surface area contributed by atoms with Gasteiger partial charge in [-0.15, -0.1) is 0 Å². The summed E-state index contributed by atoms with van der Waals surface area (Å²) in [6, 6.07) is 1.95. The molecule has 0 radical (unpaired) electrons. The standard InChI is InChI=1S/C11H11F4NO4S/c12-6-1-2-7(16-4-8(17)9(18)5-16)10(3-6)21(19,20)11(13,14)15/h1-3,8-9,17-18H,4-5H2/t8-,9+. The highest BCUT2D eigenvalue weighted by molar-refractivity contribution is 7.92. The van der Waals surface area contributed by atoms with Crippen LogP contribution in [-0.2, 0) is 9.84 Å². The molecule has 1 saturated heterocycles. The van der Waals surface area contributed by atoms with Crippen LogP contribution in [0.1, 0.15) is 0 Å². The summed E-state index contributed by atoms with van der Waals surface area (Å²) >= 11 is 0. The summed E-state index contributed by atoms with van der Waals surface area (Å²) in [4.78, 5) is -0.177. The maximum atomic E-state index is 13.2. The summed E-state index contributed by atoms with van der Waals surface area (Å²) in [5.74, 6) is -1.14. The van der Waals surface area contributed by atoms with Gasteiger partial charge in [0, 0.05) is 13.1 Å². The highest BCUT2D eigenvalue weighted by Crippen LogP contribution is 2.37. The lowest BCUT2D eigenvalue weighted by molar-refractivity contribution is -0.0435. The summed E-state index contributed by atoms with van der Waals surface area (Å²) < 4.78 is 74.1. The molecule has 0 unspecified atom stereocenters. The Bertz CT molecular complexity index is 636. The zero-order valence-electron chi connectivity index (χ0n) is 10.4. The fraction of sp³-hybridized carbons (Fsp3) is 0.455. The van der Waals surface area contributed by atoms with Gasteiger partial charge in [-0.3, -0.25) is 0 Å². The Labute approximate surface area is 117 Å². The fourth-order valence-electron chi connectivity index (χ4n) is 2.06. The van der Waals surface area contributed by atoms with E-state index in [-0.39, 0.29) is 19.2 Å². The summed E-state index contributed by atoms with van der Waals surface area (Å²) in [6.07, 6.45) is -2.45. The van der Waals surface area contributed by atoms with Crippen LogP contribution in [0.2, 0.25) is 0 Å². The van der Waals surface area contributed by atoms with Crippen molar-refractivity contribution >= 4 is 15.5 Å². The molecule has 1 aliphatic heterocycles. The minimum atomic E-state index is -5.75. The van der Waals surface area contributed by atoms with Crippen molar-refractivity contribution in [2.45, 2.75) is 22.6 Å². The summed E-state index contributed by atoms with van der Waals surface area (Å²) in [5, 5.41) is 18.8. The largest absolute Gasteiger partial charge is 0.501 e. The number of β-amino-alcohol motifs (C(OH)–C–C–N with tert-alkyl or cyclic N) is 2. The van der Waals surface area contributed by atoms with Gasteiger partial charge >= 0.3 is 5.51 Å². The van der Waals surface area contributed by atoms with Crippen molar-refractivity contribution in [2.75, 3.05) is 18.0 Å². The van der Waals surface area contributed by atoms with Crippen molar-refractivity contribution in [3.63, 3.8) is 0 Å². The lowest BCUT2D eigenvalue weighted by atomic mass is 10.3. The van der Waals surface area contributed by atoms with E-state index in [0.29, 0.717) is 0 Å². The van der Waals surface area contributed by atoms with Crippen LogP contribution in [0, 0.1) is 5.82 Å². The van der Waals surface area contributed by atoms with E-state index in [1.807, 2.05) is 0 Å². The quantitative estimate of drug-likeness (QED) is 0.780. The minimum Gasteiger partial charge on any atom is -0.389 e. The number of aliphatic hydroxyl groups is 2. The average molecular weight is 329 g/mol. The van der Waals surface area contributed by atoms with Gasteiger partial charge in [0.05, 0.1) is 17.9 Å². The molecule has 0 bridgehead atoms. The third-order valence-corrected chi connectivity index (χ3v) is 4.63. The van der Waals surface area contributed by atoms with Crippen molar-refractivity contribution < 1.29 is 36.2 Å². The molecule has 118 valence electrons. The van der Waals surface area contributed by atoms with Gasteiger partial charge in [0.1, 0.15) is 10.7 Å². The molecular formula is C11H11F4NO4S. The van der Waals surface area contributed by atoms with Crippen LogP contribution in [0.4, 0.5) is 23.2 Å². The van der Waals surface area contributed by atoms with E-state index < -0.39 is 44.0 Å². The van der Waals surface area contributed by atoms with E-state index in [4.69, 9.17) is 0 Å². The van der Waals surface area contributed by atoms with E-state index in [1.54, 1.807) is 0 Å². The first kappa shape index (κ1) is 16.0. The van der Waals surface area contributed by atoms with Crippen LogP contribution >= 0.6 is 0 Å². The predicted molar refractivity (Wildman–Crippen MR) is 63.9 cm³/mol. The van der Waals surface area contributed by atoms with Gasteiger partial charge in [-0.1, -0.05) is 0 Å². The summed E-state index contributed by atoms with van der Waals surface area (Å²) in [5.41, 5.74) is -5.99. The zero-order chi connectivity index (χ0) is 16.0. The molecule has 2 rings (SSSR count). The van der Waals surface area contributed by atoms with Crippen molar-refractivity contribution in [1.82, 2.24) is 0 Å². The average Bonchev–Trinajstić information content (AvgIpc) is 2.68. The van der Waals surface area contributed by atoms with Gasteiger partial charge in [0.15, 0.2) is 0 Å². The molecule has 10 heteroatoms. The normalized spacial score (nSPS) is 23.6. The monoisotopic (exact) mass is 329 g/mol. The van der Waals surface area contributed by atoms with Crippen molar-refractivity contribution in [3.8, 4) is 0 Å². The summed E-state index contributed by atoms with van der Waals surface area (Å²) in [7, 11) is -5.75. The molecule has 1 heterocycles. The molecule has 0 aromatic heterocycles. The van der Waals surface area contributed by atoms with E-state index in [9.17, 15) is 36.2 Å². The molecule has 2 atom stereocenters. The molecule has 5 nitrogen and oxygen atoms in total. The lowest BCUT2D eigenvalue weighted by Gasteiger charge is -2.21. The first-order chi connectivity index (χ1) is 9.54. The second kappa shape index (κ2) is 5.11. The van der Waals surface area contributed by atoms with Crippen LogP contribution < -0.4 is 4.90 Å². The third-order valence-electron chi connectivity index (χ3n) is 3.12. The number of benzene rings is 1.